The van der Waals surface area contributed by atoms with Crippen molar-refractivity contribution in [1.82, 2.24) is 10.2 Å². The first-order chi connectivity index (χ1) is 13.2. The first-order valence-electron chi connectivity index (χ1n) is 10.2. The number of ether oxygens (including phenoxy) is 1. The lowest BCUT2D eigenvalue weighted by Crippen LogP contribution is -2.41. The van der Waals surface area contributed by atoms with E-state index in [-0.39, 0.29) is 5.91 Å². The number of likely N-dealkylation sites (tertiary alicyclic amines) is 1. The Labute approximate surface area is 161 Å². The van der Waals surface area contributed by atoms with Gasteiger partial charge in [0.15, 0.2) is 5.96 Å². The van der Waals surface area contributed by atoms with Crippen LogP contribution in [0.1, 0.15) is 37.7 Å². The number of amides is 1. The number of carbonyl (C=O) groups excluding carboxylic acids is 1. The first-order valence-corrected chi connectivity index (χ1v) is 10.2. The molecule has 2 N–H and O–H groups in total. The molecule has 27 heavy (non-hydrogen) atoms. The van der Waals surface area contributed by atoms with Gasteiger partial charge in [0, 0.05) is 32.2 Å². The quantitative estimate of drug-likeness (QED) is 0.486. The van der Waals surface area contributed by atoms with E-state index >= 15 is 0 Å². The summed E-state index contributed by atoms with van der Waals surface area (Å²) < 4.78 is 5.90. The maximum Gasteiger partial charge on any atom is 0.224 e. The molecule has 3 aliphatic rings. The zero-order chi connectivity index (χ0) is 18.6. The minimum Gasteiger partial charge on any atom is -0.492 e. The minimum atomic E-state index is 0.0912. The molecule has 1 aromatic rings. The molecule has 1 aromatic carbocycles. The number of aryl methyl sites for hydroxylation is 1. The number of nitrogens with zero attached hydrogens (tertiary/aromatic N) is 2. The molecule has 6 nitrogen and oxygen atoms in total. The van der Waals surface area contributed by atoms with Crippen LogP contribution in [0.5, 0.6) is 5.75 Å². The second kappa shape index (κ2) is 8.19. The van der Waals surface area contributed by atoms with Crippen LogP contribution >= 0.6 is 0 Å². The Balaban J connectivity index is 1.24. The molecular formula is C21H30N4O2. The van der Waals surface area contributed by atoms with Gasteiger partial charge >= 0.3 is 0 Å². The van der Waals surface area contributed by atoms with Crippen molar-refractivity contribution in [2.24, 2.45) is 16.8 Å². The Hall–Kier alpha value is -2.24. The van der Waals surface area contributed by atoms with Crippen LogP contribution in [0.25, 0.3) is 0 Å². The van der Waals surface area contributed by atoms with E-state index in [1.807, 2.05) is 25.2 Å². The molecule has 0 aromatic heterocycles. The number of guanidine groups is 1. The maximum absolute atomic E-state index is 11.4. The zero-order valence-corrected chi connectivity index (χ0v) is 16.2. The monoisotopic (exact) mass is 370 g/mol. The van der Waals surface area contributed by atoms with E-state index < -0.39 is 0 Å². The fourth-order valence-electron chi connectivity index (χ4n) is 4.69. The van der Waals surface area contributed by atoms with Gasteiger partial charge in [-0.05, 0) is 54.9 Å². The highest BCUT2D eigenvalue weighted by Crippen LogP contribution is 2.35. The summed E-state index contributed by atoms with van der Waals surface area (Å²) >= 11 is 0. The van der Waals surface area contributed by atoms with Gasteiger partial charge in [-0.25, -0.2) is 0 Å². The number of hydrogen-bond donors (Lipinski definition) is 2. The SMILES string of the molecule is CN=C(NCCOc1ccc2c(c1)CCC(=O)N2)N1CC2CCCCC2C1. The molecule has 2 aliphatic heterocycles. The fourth-order valence-corrected chi connectivity index (χ4v) is 4.69. The summed E-state index contributed by atoms with van der Waals surface area (Å²) in [6, 6.07) is 5.89. The van der Waals surface area contributed by atoms with Gasteiger partial charge in [-0.1, -0.05) is 12.8 Å². The Morgan fingerprint density at radius 2 is 2.04 bits per heavy atom. The first kappa shape index (κ1) is 18.1. The van der Waals surface area contributed by atoms with Gasteiger partial charge in [0.05, 0.1) is 6.54 Å². The predicted octanol–water partition coefficient (Wildman–Crippen LogP) is 2.65. The third-order valence-electron chi connectivity index (χ3n) is 6.11. The third kappa shape index (κ3) is 4.20. The van der Waals surface area contributed by atoms with Crippen molar-refractivity contribution < 1.29 is 9.53 Å². The topological polar surface area (TPSA) is 66.0 Å². The van der Waals surface area contributed by atoms with Crippen molar-refractivity contribution in [3.63, 3.8) is 0 Å². The van der Waals surface area contributed by atoms with Gasteiger partial charge in [-0.3, -0.25) is 9.79 Å². The van der Waals surface area contributed by atoms with Crippen molar-refractivity contribution in [1.29, 1.82) is 0 Å². The molecule has 1 saturated carbocycles. The largest absolute Gasteiger partial charge is 0.492 e. The summed E-state index contributed by atoms with van der Waals surface area (Å²) in [5.74, 6) is 3.65. The molecule has 146 valence electrons. The van der Waals surface area contributed by atoms with Crippen molar-refractivity contribution in [2.75, 3.05) is 38.6 Å². The van der Waals surface area contributed by atoms with E-state index in [0.717, 1.165) is 60.9 Å². The summed E-state index contributed by atoms with van der Waals surface area (Å²) in [5.41, 5.74) is 2.06. The molecule has 0 radical (unpaired) electrons. The summed E-state index contributed by atoms with van der Waals surface area (Å²) in [6.45, 7) is 3.60. The number of carbonyl (C=O) groups is 1. The standard InChI is InChI=1S/C21H30N4O2/c1-22-21(25-13-16-4-2-3-5-17(16)14-25)23-10-11-27-18-7-8-19-15(12-18)6-9-20(26)24-19/h7-8,12,16-17H,2-6,9-11,13-14H2,1H3,(H,22,23)(H,24,26). The average molecular weight is 370 g/mol. The lowest BCUT2D eigenvalue weighted by molar-refractivity contribution is -0.116. The van der Waals surface area contributed by atoms with Gasteiger partial charge in [-0.2, -0.15) is 0 Å². The van der Waals surface area contributed by atoms with E-state index in [0.29, 0.717) is 13.0 Å². The molecule has 0 spiro atoms. The lowest BCUT2D eigenvalue weighted by Gasteiger charge is -2.22. The number of rotatable bonds is 4. The van der Waals surface area contributed by atoms with E-state index in [4.69, 9.17) is 4.74 Å². The summed E-state index contributed by atoms with van der Waals surface area (Å²) in [5, 5.41) is 6.35. The Kier molecular flexibility index (Phi) is 5.50. The van der Waals surface area contributed by atoms with Crippen LogP contribution in [0.15, 0.2) is 23.2 Å². The molecule has 1 aliphatic carbocycles. The molecule has 2 unspecified atom stereocenters. The number of benzene rings is 1. The molecule has 4 rings (SSSR count). The lowest BCUT2D eigenvalue weighted by atomic mass is 9.82. The molecule has 1 saturated heterocycles. The smallest absolute Gasteiger partial charge is 0.224 e. The number of anilines is 1. The molecule has 6 heteroatoms. The Morgan fingerprint density at radius 3 is 2.78 bits per heavy atom. The minimum absolute atomic E-state index is 0.0912. The van der Waals surface area contributed by atoms with Crippen molar-refractivity contribution in [2.45, 2.75) is 38.5 Å². The van der Waals surface area contributed by atoms with Gasteiger partial charge in [0.25, 0.3) is 0 Å². The summed E-state index contributed by atoms with van der Waals surface area (Å²) in [7, 11) is 1.86. The van der Waals surface area contributed by atoms with Crippen LogP contribution in [-0.4, -0.2) is 50.1 Å². The Morgan fingerprint density at radius 1 is 1.26 bits per heavy atom. The van der Waals surface area contributed by atoms with Crippen molar-refractivity contribution in [3.05, 3.63) is 23.8 Å². The maximum atomic E-state index is 11.4. The number of hydrogen-bond acceptors (Lipinski definition) is 3. The molecule has 2 atom stereocenters. The second-order valence-electron chi connectivity index (χ2n) is 7.90. The number of fused-ring (bicyclic) bond motifs is 2. The number of nitrogens with one attached hydrogen (secondary N) is 2. The van der Waals surface area contributed by atoms with Crippen LogP contribution in [0.3, 0.4) is 0 Å². The van der Waals surface area contributed by atoms with Gasteiger partial charge in [0.2, 0.25) is 5.91 Å². The predicted molar refractivity (Wildman–Crippen MR) is 107 cm³/mol. The van der Waals surface area contributed by atoms with Crippen LogP contribution < -0.4 is 15.4 Å². The molecule has 2 heterocycles. The van der Waals surface area contributed by atoms with Crippen molar-refractivity contribution in [3.8, 4) is 5.75 Å². The number of aliphatic imine (C=N–C) groups is 1. The zero-order valence-electron chi connectivity index (χ0n) is 16.2. The van der Waals surface area contributed by atoms with E-state index in [9.17, 15) is 4.79 Å². The highest BCUT2D eigenvalue weighted by atomic mass is 16.5. The Bertz CT molecular complexity index is 704. The highest BCUT2D eigenvalue weighted by molar-refractivity contribution is 5.94. The molecular weight excluding hydrogens is 340 g/mol. The fraction of sp³-hybridized carbons (Fsp3) is 0.619. The third-order valence-corrected chi connectivity index (χ3v) is 6.11. The van der Waals surface area contributed by atoms with E-state index in [1.165, 1.54) is 25.7 Å². The summed E-state index contributed by atoms with van der Waals surface area (Å²) in [4.78, 5) is 18.3. The summed E-state index contributed by atoms with van der Waals surface area (Å²) in [6.07, 6.45) is 6.85. The van der Waals surface area contributed by atoms with Crippen LogP contribution in [0.4, 0.5) is 5.69 Å². The normalized spacial score (nSPS) is 24.9. The van der Waals surface area contributed by atoms with Crippen molar-refractivity contribution >= 4 is 17.6 Å². The molecule has 2 fully saturated rings. The van der Waals surface area contributed by atoms with Crippen LogP contribution in [0.2, 0.25) is 0 Å². The highest BCUT2D eigenvalue weighted by Gasteiger charge is 2.35. The molecule has 1 amide bonds. The van der Waals surface area contributed by atoms with Crippen LogP contribution in [-0.2, 0) is 11.2 Å². The van der Waals surface area contributed by atoms with Gasteiger partial charge in [-0.15, -0.1) is 0 Å². The van der Waals surface area contributed by atoms with Gasteiger partial charge < -0.3 is 20.3 Å². The van der Waals surface area contributed by atoms with E-state index in [1.54, 1.807) is 0 Å². The van der Waals surface area contributed by atoms with E-state index in [2.05, 4.69) is 20.5 Å². The second-order valence-corrected chi connectivity index (χ2v) is 7.90. The molecule has 0 bridgehead atoms. The average Bonchev–Trinajstić information content (AvgIpc) is 3.12. The van der Waals surface area contributed by atoms with Crippen LogP contribution in [0, 0.1) is 11.8 Å². The van der Waals surface area contributed by atoms with Gasteiger partial charge in [0.1, 0.15) is 12.4 Å².